The number of nitrogens with one attached hydrogen (secondary N) is 1. The van der Waals surface area contributed by atoms with Gasteiger partial charge >= 0.3 is 0 Å². The smallest absolute Gasteiger partial charge is 0.0677 e. The van der Waals surface area contributed by atoms with Crippen LogP contribution in [-0.2, 0) is 6.42 Å². The molecule has 0 bridgehead atoms. The van der Waals surface area contributed by atoms with E-state index in [9.17, 15) is 0 Å². The molecule has 1 aliphatic heterocycles. The molecular weight excluding hydrogens is 234 g/mol. The molecule has 1 aromatic carbocycles. The molecule has 0 radical (unpaired) electrons. The number of aryl methyl sites for hydroxylation is 1. The van der Waals surface area contributed by atoms with Crippen LogP contribution in [0, 0.1) is 12.8 Å². The molecule has 0 amide bonds. The van der Waals surface area contributed by atoms with Crippen molar-refractivity contribution in [2.45, 2.75) is 26.2 Å². The number of rotatable bonds is 3. The van der Waals surface area contributed by atoms with Crippen molar-refractivity contribution in [2.75, 3.05) is 13.1 Å². The second-order valence-electron chi connectivity index (χ2n) is 5.49. The number of hydrogen-bond acceptors (Lipinski definition) is 2. The maximum Gasteiger partial charge on any atom is 0.0677 e. The third-order valence-corrected chi connectivity index (χ3v) is 3.92. The van der Waals surface area contributed by atoms with Crippen LogP contribution in [0.5, 0.6) is 0 Å². The molecule has 1 N–H and O–H groups in total. The van der Waals surface area contributed by atoms with Gasteiger partial charge in [0, 0.05) is 6.20 Å². The first kappa shape index (κ1) is 12.4. The van der Waals surface area contributed by atoms with E-state index in [1.54, 1.807) is 0 Å². The van der Waals surface area contributed by atoms with Crippen molar-refractivity contribution in [1.29, 1.82) is 0 Å². The summed E-state index contributed by atoms with van der Waals surface area (Å²) in [5.41, 5.74) is 3.85. The van der Waals surface area contributed by atoms with Crippen LogP contribution in [-0.4, -0.2) is 22.9 Å². The summed E-state index contributed by atoms with van der Waals surface area (Å²) in [6.45, 7) is 4.40. The number of nitrogens with zero attached hydrogens (tertiary/aromatic N) is 2. The highest BCUT2D eigenvalue weighted by molar-refractivity contribution is 5.41. The molecule has 100 valence electrons. The lowest BCUT2D eigenvalue weighted by atomic mass is 9.90. The SMILES string of the molecule is Cc1cnn(-c2ccccc2CC2CCNCC2)c1. The number of aromatic nitrogens is 2. The molecule has 3 nitrogen and oxygen atoms in total. The van der Waals surface area contributed by atoms with E-state index in [1.165, 1.54) is 29.7 Å². The van der Waals surface area contributed by atoms with Crippen molar-refractivity contribution in [3.05, 3.63) is 47.8 Å². The highest BCUT2D eigenvalue weighted by Crippen LogP contribution is 2.22. The molecule has 0 spiro atoms. The second kappa shape index (κ2) is 5.57. The minimum absolute atomic E-state index is 0.805. The molecule has 2 heterocycles. The van der Waals surface area contributed by atoms with Crippen molar-refractivity contribution in [3.63, 3.8) is 0 Å². The summed E-state index contributed by atoms with van der Waals surface area (Å²) in [6, 6.07) is 8.64. The molecule has 3 rings (SSSR count). The third kappa shape index (κ3) is 2.87. The summed E-state index contributed by atoms with van der Waals surface area (Å²) in [5, 5.41) is 7.88. The summed E-state index contributed by atoms with van der Waals surface area (Å²) in [6.07, 6.45) is 7.75. The van der Waals surface area contributed by atoms with E-state index in [-0.39, 0.29) is 0 Å². The van der Waals surface area contributed by atoms with Gasteiger partial charge in [0.25, 0.3) is 0 Å². The van der Waals surface area contributed by atoms with Crippen LogP contribution in [0.25, 0.3) is 5.69 Å². The fraction of sp³-hybridized carbons (Fsp3) is 0.438. The van der Waals surface area contributed by atoms with E-state index in [4.69, 9.17) is 0 Å². The molecule has 1 fully saturated rings. The van der Waals surface area contributed by atoms with Gasteiger partial charge in [-0.3, -0.25) is 0 Å². The number of para-hydroxylation sites is 1. The van der Waals surface area contributed by atoms with Crippen LogP contribution in [0.2, 0.25) is 0 Å². The Morgan fingerprint density at radius 3 is 2.79 bits per heavy atom. The van der Waals surface area contributed by atoms with E-state index < -0.39 is 0 Å². The Hall–Kier alpha value is -1.61. The van der Waals surface area contributed by atoms with Gasteiger partial charge in [-0.1, -0.05) is 18.2 Å². The van der Waals surface area contributed by atoms with Crippen LogP contribution in [0.1, 0.15) is 24.0 Å². The van der Waals surface area contributed by atoms with Gasteiger partial charge in [0.1, 0.15) is 0 Å². The van der Waals surface area contributed by atoms with E-state index in [0.717, 1.165) is 25.4 Å². The third-order valence-electron chi connectivity index (χ3n) is 3.92. The molecule has 3 heteroatoms. The molecular formula is C16H21N3. The van der Waals surface area contributed by atoms with Gasteiger partial charge in [-0.2, -0.15) is 5.10 Å². The van der Waals surface area contributed by atoms with Crippen LogP contribution in [0.3, 0.4) is 0 Å². The largest absolute Gasteiger partial charge is 0.317 e. The van der Waals surface area contributed by atoms with Gasteiger partial charge < -0.3 is 5.32 Å². The van der Waals surface area contributed by atoms with Gasteiger partial charge in [0.2, 0.25) is 0 Å². The predicted molar refractivity (Wildman–Crippen MR) is 77.6 cm³/mol. The molecule has 0 aliphatic carbocycles. The van der Waals surface area contributed by atoms with E-state index in [0.29, 0.717) is 0 Å². The van der Waals surface area contributed by atoms with Crippen molar-refractivity contribution in [2.24, 2.45) is 5.92 Å². The average molecular weight is 255 g/mol. The summed E-state index contributed by atoms with van der Waals surface area (Å²) in [5.74, 6) is 0.805. The average Bonchev–Trinajstić information content (AvgIpc) is 2.87. The van der Waals surface area contributed by atoms with Crippen molar-refractivity contribution in [3.8, 4) is 5.69 Å². The number of hydrogen-bond donors (Lipinski definition) is 1. The molecule has 0 unspecified atom stereocenters. The Balaban J connectivity index is 1.84. The van der Waals surface area contributed by atoms with Gasteiger partial charge in [0.05, 0.1) is 11.9 Å². The zero-order chi connectivity index (χ0) is 13.1. The van der Waals surface area contributed by atoms with Crippen LogP contribution < -0.4 is 5.32 Å². The molecule has 0 saturated carbocycles. The van der Waals surface area contributed by atoms with E-state index >= 15 is 0 Å². The van der Waals surface area contributed by atoms with Gasteiger partial charge in [-0.05, 0) is 62.4 Å². The number of benzene rings is 1. The van der Waals surface area contributed by atoms with Crippen LogP contribution in [0.15, 0.2) is 36.7 Å². The lowest BCUT2D eigenvalue weighted by Crippen LogP contribution is -2.28. The molecule has 1 aromatic heterocycles. The van der Waals surface area contributed by atoms with Crippen LogP contribution >= 0.6 is 0 Å². The summed E-state index contributed by atoms with van der Waals surface area (Å²) in [4.78, 5) is 0. The van der Waals surface area contributed by atoms with Crippen molar-refractivity contribution < 1.29 is 0 Å². The molecule has 1 saturated heterocycles. The minimum Gasteiger partial charge on any atom is -0.317 e. The number of piperidine rings is 1. The topological polar surface area (TPSA) is 29.9 Å². The van der Waals surface area contributed by atoms with E-state index in [1.807, 2.05) is 10.9 Å². The first-order valence-electron chi connectivity index (χ1n) is 7.13. The Labute approximate surface area is 114 Å². The van der Waals surface area contributed by atoms with Gasteiger partial charge in [0.15, 0.2) is 0 Å². The lowest BCUT2D eigenvalue weighted by molar-refractivity contribution is 0.372. The minimum atomic E-state index is 0.805. The van der Waals surface area contributed by atoms with Gasteiger partial charge in [-0.15, -0.1) is 0 Å². The van der Waals surface area contributed by atoms with Gasteiger partial charge in [-0.25, -0.2) is 4.68 Å². The van der Waals surface area contributed by atoms with Crippen LogP contribution in [0.4, 0.5) is 0 Å². The Morgan fingerprint density at radius 1 is 1.26 bits per heavy atom. The molecule has 0 atom stereocenters. The fourth-order valence-electron chi connectivity index (χ4n) is 2.85. The quantitative estimate of drug-likeness (QED) is 0.914. The Bertz CT molecular complexity index is 538. The monoisotopic (exact) mass is 255 g/mol. The lowest BCUT2D eigenvalue weighted by Gasteiger charge is -2.23. The highest BCUT2D eigenvalue weighted by Gasteiger charge is 2.15. The Kier molecular flexibility index (Phi) is 3.65. The van der Waals surface area contributed by atoms with E-state index in [2.05, 4.69) is 47.8 Å². The standard InChI is InChI=1S/C16H21N3/c1-13-11-18-19(12-13)16-5-3-2-4-15(16)10-14-6-8-17-9-7-14/h2-5,11-12,14,17H,6-10H2,1H3. The molecule has 2 aromatic rings. The zero-order valence-electron chi connectivity index (χ0n) is 11.5. The normalized spacial score (nSPS) is 16.7. The first-order chi connectivity index (χ1) is 9.33. The summed E-state index contributed by atoms with van der Waals surface area (Å²) >= 11 is 0. The maximum absolute atomic E-state index is 4.44. The summed E-state index contributed by atoms with van der Waals surface area (Å²) < 4.78 is 2.01. The fourth-order valence-corrected chi connectivity index (χ4v) is 2.85. The summed E-state index contributed by atoms with van der Waals surface area (Å²) in [7, 11) is 0. The Morgan fingerprint density at radius 2 is 2.05 bits per heavy atom. The first-order valence-corrected chi connectivity index (χ1v) is 7.13. The highest BCUT2D eigenvalue weighted by atomic mass is 15.3. The molecule has 1 aliphatic rings. The maximum atomic E-state index is 4.44. The van der Waals surface area contributed by atoms with Crippen molar-refractivity contribution in [1.82, 2.24) is 15.1 Å². The predicted octanol–water partition coefficient (Wildman–Crippen LogP) is 2.72. The van der Waals surface area contributed by atoms with Crippen molar-refractivity contribution >= 4 is 0 Å². The second-order valence-corrected chi connectivity index (χ2v) is 5.49. The molecule has 19 heavy (non-hydrogen) atoms. The zero-order valence-corrected chi connectivity index (χ0v) is 11.5.